The highest BCUT2D eigenvalue weighted by Crippen LogP contribution is 2.27. The highest BCUT2D eigenvalue weighted by atomic mass is 32.2. The maximum atomic E-state index is 12.4. The zero-order chi connectivity index (χ0) is 14.8. The van der Waals surface area contributed by atoms with Gasteiger partial charge in [0, 0.05) is 13.1 Å². The van der Waals surface area contributed by atoms with Crippen molar-refractivity contribution in [3.05, 3.63) is 18.2 Å². The largest absolute Gasteiger partial charge is 0.489 e. The van der Waals surface area contributed by atoms with Crippen molar-refractivity contribution < 1.29 is 17.9 Å². The van der Waals surface area contributed by atoms with E-state index >= 15 is 0 Å². The smallest absolute Gasteiger partial charge is 0.243 e. The van der Waals surface area contributed by atoms with E-state index in [2.05, 4.69) is 0 Å². The molecule has 7 heteroatoms. The standard InChI is InChI=1S/C13H20N2O4S/c1-10(2)19-13-4-3-11(9-12(13)14)20(16,17)15-5-7-18-8-6-15/h3-4,9-10H,5-8,14H2,1-2H3. The molecule has 0 aromatic heterocycles. The predicted octanol–water partition coefficient (Wildman–Crippen LogP) is 1.08. The second-order valence-corrected chi connectivity index (χ2v) is 6.82. The number of benzene rings is 1. The van der Waals surface area contributed by atoms with Crippen molar-refractivity contribution in [2.24, 2.45) is 0 Å². The SMILES string of the molecule is CC(C)Oc1ccc(S(=O)(=O)N2CCOCC2)cc1N. The average molecular weight is 300 g/mol. The van der Waals surface area contributed by atoms with Crippen molar-refractivity contribution >= 4 is 15.7 Å². The van der Waals surface area contributed by atoms with Crippen molar-refractivity contribution in [2.75, 3.05) is 32.0 Å². The Morgan fingerprint density at radius 2 is 1.95 bits per heavy atom. The minimum Gasteiger partial charge on any atom is -0.489 e. The second-order valence-electron chi connectivity index (χ2n) is 4.88. The van der Waals surface area contributed by atoms with Crippen LogP contribution in [0.1, 0.15) is 13.8 Å². The lowest BCUT2D eigenvalue weighted by Crippen LogP contribution is -2.40. The highest BCUT2D eigenvalue weighted by Gasteiger charge is 2.26. The summed E-state index contributed by atoms with van der Waals surface area (Å²) in [6, 6.07) is 4.57. The molecular formula is C13H20N2O4S. The van der Waals surface area contributed by atoms with Gasteiger partial charge in [0.2, 0.25) is 10.0 Å². The van der Waals surface area contributed by atoms with E-state index in [1.807, 2.05) is 13.8 Å². The average Bonchev–Trinajstić information content (AvgIpc) is 2.41. The van der Waals surface area contributed by atoms with Gasteiger partial charge in [0.25, 0.3) is 0 Å². The number of nitrogens with zero attached hydrogens (tertiary/aromatic N) is 1. The van der Waals surface area contributed by atoms with E-state index in [9.17, 15) is 8.42 Å². The minimum atomic E-state index is -3.51. The number of anilines is 1. The van der Waals surface area contributed by atoms with Crippen LogP contribution >= 0.6 is 0 Å². The monoisotopic (exact) mass is 300 g/mol. The van der Waals surface area contributed by atoms with E-state index in [0.29, 0.717) is 37.7 Å². The molecule has 2 rings (SSSR count). The van der Waals surface area contributed by atoms with E-state index in [0.717, 1.165) is 0 Å². The van der Waals surface area contributed by atoms with Gasteiger partial charge in [-0.15, -0.1) is 0 Å². The maximum Gasteiger partial charge on any atom is 0.243 e. The Morgan fingerprint density at radius 1 is 1.30 bits per heavy atom. The molecule has 1 aromatic carbocycles. The zero-order valence-electron chi connectivity index (χ0n) is 11.7. The van der Waals surface area contributed by atoms with Crippen LogP contribution in [-0.2, 0) is 14.8 Å². The number of rotatable bonds is 4. The molecule has 1 aliphatic heterocycles. The summed E-state index contributed by atoms with van der Waals surface area (Å²) in [6.07, 6.45) is -0.0148. The molecule has 1 heterocycles. The first-order valence-corrected chi connectivity index (χ1v) is 7.99. The molecular weight excluding hydrogens is 280 g/mol. The molecule has 0 atom stereocenters. The summed E-state index contributed by atoms with van der Waals surface area (Å²) in [4.78, 5) is 0.188. The number of ether oxygens (including phenoxy) is 2. The summed E-state index contributed by atoms with van der Waals surface area (Å²) in [5, 5.41) is 0. The first kappa shape index (κ1) is 15.1. The Bertz CT molecular complexity index is 566. The van der Waals surface area contributed by atoms with Crippen LogP contribution in [0.15, 0.2) is 23.1 Å². The molecule has 0 unspecified atom stereocenters. The fourth-order valence-corrected chi connectivity index (χ4v) is 3.43. The van der Waals surface area contributed by atoms with Gasteiger partial charge in [-0.1, -0.05) is 0 Å². The van der Waals surface area contributed by atoms with Crippen LogP contribution in [0.25, 0.3) is 0 Å². The van der Waals surface area contributed by atoms with Crippen LogP contribution < -0.4 is 10.5 Å². The number of nitrogen functional groups attached to an aromatic ring is 1. The minimum absolute atomic E-state index is 0.0148. The van der Waals surface area contributed by atoms with Crippen molar-refractivity contribution in [2.45, 2.75) is 24.8 Å². The third-order valence-electron chi connectivity index (χ3n) is 2.95. The molecule has 1 aliphatic rings. The summed E-state index contributed by atoms with van der Waals surface area (Å²) in [7, 11) is -3.51. The Morgan fingerprint density at radius 3 is 2.50 bits per heavy atom. The fourth-order valence-electron chi connectivity index (χ4n) is 1.98. The van der Waals surface area contributed by atoms with Gasteiger partial charge < -0.3 is 15.2 Å². The van der Waals surface area contributed by atoms with E-state index in [-0.39, 0.29) is 11.0 Å². The topological polar surface area (TPSA) is 81.9 Å². The summed E-state index contributed by atoms with van der Waals surface area (Å²) < 4.78 is 37.0. The molecule has 0 saturated carbocycles. The first-order chi connectivity index (χ1) is 9.41. The van der Waals surface area contributed by atoms with Gasteiger partial charge >= 0.3 is 0 Å². The quantitative estimate of drug-likeness (QED) is 0.841. The van der Waals surface area contributed by atoms with Crippen LogP contribution in [0.4, 0.5) is 5.69 Å². The summed E-state index contributed by atoms with van der Waals surface area (Å²) in [6.45, 7) is 5.35. The third-order valence-corrected chi connectivity index (χ3v) is 4.85. The van der Waals surface area contributed by atoms with Gasteiger partial charge in [0.1, 0.15) is 5.75 Å². The fraction of sp³-hybridized carbons (Fsp3) is 0.538. The van der Waals surface area contributed by atoms with Crippen LogP contribution in [0.5, 0.6) is 5.75 Å². The molecule has 112 valence electrons. The normalized spacial score (nSPS) is 17.4. The van der Waals surface area contributed by atoms with Crippen LogP contribution in [0.3, 0.4) is 0 Å². The van der Waals surface area contributed by atoms with Gasteiger partial charge in [0.05, 0.1) is 29.9 Å². The van der Waals surface area contributed by atoms with Gasteiger partial charge in [-0.05, 0) is 32.0 Å². The molecule has 0 aliphatic carbocycles. The number of sulfonamides is 1. The molecule has 20 heavy (non-hydrogen) atoms. The summed E-state index contributed by atoms with van der Waals surface area (Å²) >= 11 is 0. The number of nitrogens with two attached hydrogens (primary N) is 1. The van der Waals surface area contributed by atoms with Crippen molar-refractivity contribution in [1.29, 1.82) is 0 Å². The molecule has 1 fully saturated rings. The lowest BCUT2D eigenvalue weighted by Gasteiger charge is -2.26. The maximum absolute atomic E-state index is 12.4. The number of morpholine rings is 1. The Hall–Kier alpha value is -1.31. The predicted molar refractivity (Wildman–Crippen MR) is 76.2 cm³/mol. The van der Waals surface area contributed by atoms with E-state index in [1.165, 1.54) is 16.4 Å². The van der Waals surface area contributed by atoms with Gasteiger partial charge in [-0.2, -0.15) is 4.31 Å². The molecule has 1 aromatic rings. The molecule has 0 spiro atoms. The molecule has 2 N–H and O–H groups in total. The van der Waals surface area contributed by atoms with Crippen molar-refractivity contribution in [3.63, 3.8) is 0 Å². The Kier molecular flexibility index (Phi) is 4.52. The van der Waals surface area contributed by atoms with Crippen molar-refractivity contribution in [1.82, 2.24) is 4.31 Å². The Balaban J connectivity index is 2.26. The van der Waals surface area contributed by atoms with E-state index in [4.69, 9.17) is 15.2 Å². The number of hydrogen-bond acceptors (Lipinski definition) is 5. The van der Waals surface area contributed by atoms with Crippen LogP contribution in [0, 0.1) is 0 Å². The third kappa shape index (κ3) is 3.23. The Labute approximate surface area is 119 Å². The van der Waals surface area contributed by atoms with Gasteiger partial charge in [0.15, 0.2) is 0 Å². The van der Waals surface area contributed by atoms with E-state index < -0.39 is 10.0 Å². The summed E-state index contributed by atoms with van der Waals surface area (Å²) in [5.41, 5.74) is 6.19. The number of hydrogen-bond donors (Lipinski definition) is 1. The molecule has 1 saturated heterocycles. The van der Waals surface area contributed by atoms with Gasteiger partial charge in [-0.25, -0.2) is 8.42 Å². The lowest BCUT2D eigenvalue weighted by molar-refractivity contribution is 0.0730. The van der Waals surface area contributed by atoms with Crippen LogP contribution in [0.2, 0.25) is 0 Å². The first-order valence-electron chi connectivity index (χ1n) is 6.55. The van der Waals surface area contributed by atoms with Gasteiger partial charge in [-0.3, -0.25) is 0 Å². The van der Waals surface area contributed by atoms with E-state index in [1.54, 1.807) is 6.07 Å². The molecule has 0 amide bonds. The highest BCUT2D eigenvalue weighted by molar-refractivity contribution is 7.89. The second kappa shape index (κ2) is 5.99. The van der Waals surface area contributed by atoms with Crippen molar-refractivity contribution in [3.8, 4) is 5.75 Å². The molecule has 6 nitrogen and oxygen atoms in total. The zero-order valence-corrected chi connectivity index (χ0v) is 12.5. The summed E-state index contributed by atoms with van der Waals surface area (Å²) in [5.74, 6) is 0.501. The molecule has 0 bridgehead atoms. The lowest BCUT2D eigenvalue weighted by atomic mass is 10.3. The molecule has 0 radical (unpaired) electrons. The van der Waals surface area contributed by atoms with Crippen LogP contribution in [-0.4, -0.2) is 45.1 Å².